The van der Waals surface area contributed by atoms with E-state index in [9.17, 15) is 0 Å². The first-order valence-electron chi connectivity index (χ1n) is 4.12. The molecule has 60 valence electrons. The lowest BCUT2D eigenvalue weighted by atomic mass is 10.2. The Balaban J connectivity index is 2.08. The first-order valence-corrected chi connectivity index (χ1v) is 4.12. The first-order chi connectivity index (χ1) is 5.31. The summed E-state index contributed by atoms with van der Waals surface area (Å²) in [5, 5.41) is 6.86. The van der Waals surface area contributed by atoms with Crippen molar-refractivity contribution in [3.05, 3.63) is 11.8 Å². The van der Waals surface area contributed by atoms with Gasteiger partial charge in [0.15, 0.2) is 0 Å². The van der Waals surface area contributed by atoms with E-state index in [1.807, 2.05) is 6.07 Å². The smallest absolute Gasteiger partial charge is 0.145 e. The minimum absolute atomic E-state index is 0.613. The first kappa shape index (κ1) is 6.70. The largest absolute Gasteiger partial charge is 0.382 e. The average Bonchev–Trinajstić information content (AvgIpc) is 2.68. The minimum Gasteiger partial charge on any atom is -0.382 e. The van der Waals surface area contributed by atoms with E-state index in [1.54, 1.807) is 0 Å². The molecule has 0 aromatic carbocycles. The van der Waals surface area contributed by atoms with Gasteiger partial charge in [-0.2, -0.15) is 5.10 Å². The number of nitrogens with one attached hydrogen (secondary N) is 1. The molecule has 1 saturated carbocycles. The van der Waals surface area contributed by atoms with Gasteiger partial charge in [0.05, 0.1) is 0 Å². The summed E-state index contributed by atoms with van der Waals surface area (Å²) < 4.78 is 0. The van der Waals surface area contributed by atoms with Gasteiger partial charge in [0.1, 0.15) is 5.82 Å². The van der Waals surface area contributed by atoms with Crippen LogP contribution in [-0.2, 0) is 0 Å². The second-order valence-corrected chi connectivity index (χ2v) is 3.26. The molecule has 1 aromatic heterocycles. The maximum atomic E-state index is 5.49. The number of aromatic nitrogens is 2. The Morgan fingerprint density at radius 2 is 2.64 bits per heavy atom. The van der Waals surface area contributed by atoms with Gasteiger partial charge in [-0.05, 0) is 12.3 Å². The van der Waals surface area contributed by atoms with Crippen molar-refractivity contribution >= 4 is 5.82 Å². The van der Waals surface area contributed by atoms with Gasteiger partial charge in [0.25, 0.3) is 0 Å². The number of nitrogen functional groups attached to an aromatic ring is 1. The number of anilines is 1. The van der Waals surface area contributed by atoms with E-state index in [2.05, 4.69) is 17.1 Å². The molecule has 0 spiro atoms. The Labute approximate surface area is 66.0 Å². The summed E-state index contributed by atoms with van der Waals surface area (Å²) in [5.41, 5.74) is 6.71. The van der Waals surface area contributed by atoms with Crippen LogP contribution in [0.2, 0.25) is 0 Å². The summed E-state index contributed by atoms with van der Waals surface area (Å²) in [6, 6.07) is 1.94. The van der Waals surface area contributed by atoms with Crippen LogP contribution in [0.25, 0.3) is 0 Å². The predicted molar refractivity (Wildman–Crippen MR) is 44.1 cm³/mol. The molecular formula is C8H13N3. The Hall–Kier alpha value is -0.990. The van der Waals surface area contributed by atoms with Crippen molar-refractivity contribution in [3.63, 3.8) is 0 Å². The Kier molecular flexibility index (Phi) is 1.37. The van der Waals surface area contributed by atoms with E-state index in [0.29, 0.717) is 11.7 Å². The van der Waals surface area contributed by atoms with Gasteiger partial charge in [-0.15, -0.1) is 0 Å². The summed E-state index contributed by atoms with van der Waals surface area (Å²) in [6.45, 7) is 2.23. The molecule has 2 rings (SSSR count). The third-order valence-electron chi connectivity index (χ3n) is 2.46. The maximum Gasteiger partial charge on any atom is 0.145 e. The fourth-order valence-electron chi connectivity index (χ4n) is 1.62. The quantitative estimate of drug-likeness (QED) is 0.673. The summed E-state index contributed by atoms with van der Waals surface area (Å²) in [5.74, 6) is 2.20. The van der Waals surface area contributed by atoms with Crippen LogP contribution in [0.1, 0.15) is 31.4 Å². The lowest BCUT2D eigenvalue weighted by molar-refractivity contribution is 0.754. The van der Waals surface area contributed by atoms with Crippen molar-refractivity contribution in [1.82, 2.24) is 10.2 Å². The lowest BCUT2D eigenvalue weighted by Gasteiger charge is -1.89. The number of aromatic amines is 1. The zero-order valence-corrected chi connectivity index (χ0v) is 6.67. The molecule has 11 heavy (non-hydrogen) atoms. The van der Waals surface area contributed by atoms with Gasteiger partial charge < -0.3 is 5.73 Å². The number of hydrogen-bond acceptors (Lipinski definition) is 2. The van der Waals surface area contributed by atoms with E-state index in [1.165, 1.54) is 18.5 Å². The fraction of sp³-hybridized carbons (Fsp3) is 0.625. The predicted octanol–water partition coefficient (Wildman–Crippen LogP) is 1.51. The number of nitrogens with two attached hydrogens (primary N) is 1. The summed E-state index contributed by atoms with van der Waals surface area (Å²) >= 11 is 0. The normalized spacial score (nSPS) is 28.8. The standard InChI is InChI=1S/C8H13N3/c1-2-5-3-6(5)7-4-8(9)11-10-7/h4-6H,2-3H2,1H3,(H3,9,10,11). The molecule has 3 N–H and O–H groups in total. The van der Waals surface area contributed by atoms with Crippen molar-refractivity contribution in [1.29, 1.82) is 0 Å². The lowest BCUT2D eigenvalue weighted by Crippen LogP contribution is -1.81. The van der Waals surface area contributed by atoms with E-state index >= 15 is 0 Å². The van der Waals surface area contributed by atoms with Crippen LogP contribution < -0.4 is 5.73 Å². The van der Waals surface area contributed by atoms with Crippen molar-refractivity contribution in [2.45, 2.75) is 25.7 Å². The van der Waals surface area contributed by atoms with Crippen LogP contribution in [0.3, 0.4) is 0 Å². The van der Waals surface area contributed by atoms with Crippen molar-refractivity contribution in [2.24, 2.45) is 5.92 Å². The van der Waals surface area contributed by atoms with Gasteiger partial charge in [-0.3, -0.25) is 5.10 Å². The average molecular weight is 151 g/mol. The molecule has 3 heteroatoms. The Bertz CT molecular complexity index is 254. The molecule has 0 radical (unpaired) electrons. The van der Waals surface area contributed by atoms with Crippen LogP contribution in [0.15, 0.2) is 6.07 Å². The Morgan fingerprint density at radius 3 is 3.09 bits per heavy atom. The molecule has 0 amide bonds. The number of hydrogen-bond donors (Lipinski definition) is 2. The maximum absolute atomic E-state index is 5.49. The van der Waals surface area contributed by atoms with E-state index < -0.39 is 0 Å². The van der Waals surface area contributed by atoms with Crippen LogP contribution in [-0.4, -0.2) is 10.2 Å². The number of rotatable bonds is 2. The molecule has 1 fully saturated rings. The highest BCUT2D eigenvalue weighted by Crippen LogP contribution is 2.48. The van der Waals surface area contributed by atoms with Crippen molar-refractivity contribution in [3.8, 4) is 0 Å². The van der Waals surface area contributed by atoms with Crippen LogP contribution in [0, 0.1) is 5.92 Å². The van der Waals surface area contributed by atoms with E-state index in [0.717, 1.165) is 5.92 Å². The minimum atomic E-state index is 0.613. The molecule has 0 aliphatic heterocycles. The highest BCUT2D eigenvalue weighted by molar-refractivity contribution is 5.32. The second kappa shape index (κ2) is 2.26. The molecule has 0 bridgehead atoms. The molecule has 2 atom stereocenters. The highest BCUT2D eigenvalue weighted by Gasteiger charge is 2.37. The SMILES string of the molecule is CCC1CC1c1cc(N)n[nH]1. The van der Waals surface area contributed by atoms with Crippen LogP contribution >= 0.6 is 0 Å². The fourth-order valence-corrected chi connectivity index (χ4v) is 1.62. The summed E-state index contributed by atoms with van der Waals surface area (Å²) in [6.07, 6.45) is 2.57. The molecule has 3 nitrogen and oxygen atoms in total. The van der Waals surface area contributed by atoms with Gasteiger partial charge in [-0.1, -0.05) is 13.3 Å². The molecule has 1 aliphatic rings. The number of H-pyrrole nitrogens is 1. The molecular weight excluding hydrogens is 138 g/mol. The molecule has 1 aromatic rings. The molecule has 1 aliphatic carbocycles. The molecule has 1 heterocycles. The molecule has 2 unspecified atom stereocenters. The third kappa shape index (κ3) is 1.11. The topological polar surface area (TPSA) is 54.7 Å². The second-order valence-electron chi connectivity index (χ2n) is 3.26. The van der Waals surface area contributed by atoms with Gasteiger partial charge in [-0.25, -0.2) is 0 Å². The third-order valence-corrected chi connectivity index (χ3v) is 2.46. The number of nitrogens with zero attached hydrogens (tertiary/aromatic N) is 1. The Morgan fingerprint density at radius 1 is 1.82 bits per heavy atom. The van der Waals surface area contributed by atoms with Gasteiger partial charge >= 0.3 is 0 Å². The molecule has 0 saturated heterocycles. The summed E-state index contributed by atoms with van der Waals surface area (Å²) in [4.78, 5) is 0. The van der Waals surface area contributed by atoms with Crippen LogP contribution in [0.5, 0.6) is 0 Å². The van der Waals surface area contributed by atoms with E-state index in [-0.39, 0.29) is 0 Å². The zero-order chi connectivity index (χ0) is 7.84. The van der Waals surface area contributed by atoms with Crippen LogP contribution in [0.4, 0.5) is 5.82 Å². The monoisotopic (exact) mass is 151 g/mol. The summed E-state index contributed by atoms with van der Waals surface area (Å²) in [7, 11) is 0. The highest BCUT2D eigenvalue weighted by atomic mass is 15.2. The zero-order valence-electron chi connectivity index (χ0n) is 6.67. The van der Waals surface area contributed by atoms with E-state index in [4.69, 9.17) is 5.73 Å². The van der Waals surface area contributed by atoms with Crippen molar-refractivity contribution in [2.75, 3.05) is 5.73 Å². The van der Waals surface area contributed by atoms with Crippen molar-refractivity contribution < 1.29 is 0 Å². The van der Waals surface area contributed by atoms with Gasteiger partial charge in [0, 0.05) is 17.7 Å². The van der Waals surface area contributed by atoms with Gasteiger partial charge in [0.2, 0.25) is 0 Å².